The summed E-state index contributed by atoms with van der Waals surface area (Å²) in [5.41, 5.74) is 3.38. The van der Waals surface area contributed by atoms with Gasteiger partial charge >= 0.3 is 0 Å². The fourth-order valence-corrected chi connectivity index (χ4v) is 3.19. The molecule has 0 radical (unpaired) electrons. The highest BCUT2D eigenvalue weighted by Crippen LogP contribution is 2.25. The van der Waals surface area contributed by atoms with Crippen LogP contribution >= 0.6 is 11.6 Å². The Labute approximate surface area is 160 Å². The number of nitrogens with zero attached hydrogens (tertiary/aromatic N) is 3. The summed E-state index contributed by atoms with van der Waals surface area (Å²) in [4.78, 5) is 2.23. The minimum Gasteiger partial charge on any atom is -0.366 e. The zero-order valence-electron chi connectivity index (χ0n) is 15.2. The molecule has 3 rings (SSSR count). The molecule has 2 aromatic carbocycles. The number of hydrogen-bond donors (Lipinski definition) is 0. The Hall–Kier alpha value is -2.14. The number of rotatable bonds is 8. The van der Waals surface area contributed by atoms with Crippen LogP contribution in [0.1, 0.15) is 22.9 Å². The zero-order valence-corrected chi connectivity index (χ0v) is 15.9. The van der Waals surface area contributed by atoms with E-state index in [9.17, 15) is 0 Å². The number of benzene rings is 2. The molecule has 3 aromatic rings. The molecule has 0 aliphatic rings. The van der Waals surface area contributed by atoms with Gasteiger partial charge in [0.15, 0.2) is 0 Å². The molecule has 0 bridgehead atoms. The fourth-order valence-electron chi connectivity index (χ4n) is 2.97. The highest BCUT2D eigenvalue weighted by atomic mass is 35.5. The Morgan fingerprint density at radius 1 is 1.12 bits per heavy atom. The molecule has 0 spiro atoms. The van der Waals surface area contributed by atoms with E-state index in [1.165, 1.54) is 5.56 Å². The first-order chi connectivity index (χ1) is 12.6. The summed E-state index contributed by atoms with van der Waals surface area (Å²) < 4.78 is 8.13. The Kier molecular flexibility index (Phi) is 6.45. The zero-order chi connectivity index (χ0) is 18.4. The lowest BCUT2D eigenvalue weighted by atomic mass is 10.1. The number of aryl methyl sites for hydroxylation is 1. The third-order valence-corrected chi connectivity index (χ3v) is 4.56. The van der Waals surface area contributed by atoms with Gasteiger partial charge < -0.3 is 4.74 Å². The molecule has 1 aromatic heterocycles. The lowest BCUT2D eigenvalue weighted by Crippen LogP contribution is -2.24. The van der Waals surface area contributed by atoms with Crippen molar-refractivity contribution in [1.29, 1.82) is 0 Å². The molecular formula is C21H24ClN3O. The van der Waals surface area contributed by atoms with Crippen LogP contribution in [-0.4, -0.2) is 34.9 Å². The van der Waals surface area contributed by atoms with Crippen molar-refractivity contribution < 1.29 is 4.74 Å². The van der Waals surface area contributed by atoms with Gasteiger partial charge in [-0.1, -0.05) is 54.1 Å². The molecular weight excluding hydrogens is 346 g/mol. The second kappa shape index (κ2) is 8.99. The highest BCUT2D eigenvalue weighted by molar-refractivity contribution is 6.30. The molecule has 1 atom stereocenters. The first kappa shape index (κ1) is 18.6. The summed E-state index contributed by atoms with van der Waals surface area (Å²) in [6.07, 6.45) is 1.68. The fraction of sp³-hybridized carbons (Fsp3) is 0.286. The van der Waals surface area contributed by atoms with Gasteiger partial charge in [0.1, 0.15) is 6.10 Å². The largest absolute Gasteiger partial charge is 0.366 e. The number of ether oxygens (including phenoxy) is 1. The maximum absolute atomic E-state index is 6.26. The quantitative estimate of drug-likeness (QED) is 0.592. The summed E-state index contributed by atoms with van der Waals surface area (Å²) in [6.45, 7) is 2.29. The lowest BCUT2D eigenvalue weighted by Gasteiger charge is -2.22. The van der Waals surface area contributed by atoms with E-state index in [0.717, 1.165) is 29.4 Å². The van der Waals surface area contributed by atoms with Gasteiger partial charge in [-0.15, -0.1) is 0 Å². The smallest absolute Gasteiger partial charge is 0.124 e. The van der Waals surface area contributed by atoms with Crippen LogP contribution in [0.25, 0.3) is 0 Å². The van der Waals surface area contributed by atoms with Gasteiger partial charge in [0, 0.05) is 31.4 Å². The van der Waals surface area contributed by atoms with E-state index in [1.807, 2.05) is 54.2 Å². The molecule has 136 valence electrons. The normalized spacial score (nSPS) is 12.5. The van der Waals surface area contributed by atoms with E-state index in [1.54, 1.807) is 6.20 Å². The molecule has 1 heterocycles. The monoisotopic (exact) mass is 369 g/mol. The summed E-state index contributed by atoms with van der Waals surface area (Å²) in [7, 11) is 4.03. The van der Waals surface area contributed by atoms with Crippen molar-refractivity contribution in [1.82, 2.24) is 14.7 Å². The van der Waals surface area contributed by atoms with Crippen molar-refractivity contribution in [3.63, 3.8) is 0 Å². The van der Waals surface area contributed by atoms with Crippen LogP contribution in [0.15, 0.2) is 66.9 Å². The summed E-state index contributed by atoms with van der Waals surface area (Å²) in [5.74, 6) is 0. The summed E-state index contributed by atoms with van der Waals surface area (Å²) in [5, 5.41) is 5.05. The number of likely N-dealkylation sites (N-methyl/N-ethyl adjacent to an activating group) is 1. The molecule has 0 amide bonds. The van der Waals surface area contributed by atoms with Crippen LogP contribution in [0.2, 0.25) is 5.02 Å². The number of hydrogen-bond acceptors (Lipinski definition) is 3. The third kappa shape index (κ3) is 4.94. The van der Waals surface area contributed by atoms with Crippen LogP contribution in [0.3, 0.4) is 0 Å². The molecule has 0 N–H and O–H groups in total. The molecule has 26 heavy (non-hydrogen) atoms. The van der Waals surface area contributed by atoms with Gasteiger partial charge in [-0.25, -0.2) is 0 Å². The summed E-state index contributed by atoms with van der Waals surface area (Å²) in [6, 6.07) is 20.2. The van der Waals surface area contributed by atoms with Crippen LogP contribution in [0.5, 0.6) is 0 Å². The van der Waals surface area contributed by atoms with Crippen molar-refractivity contribution in [2.45, 2.75) is 12.6 Å². The van der Waals surface area contributed by atoms with Gasteiger partial charge in [-0.2, -0.15) is 5.10 Å². The second-order valence-corrected chi connectivity index (χ2v) is 6.85. The van der Waals surface area contributed by atoms with Crippen LogP contribution < -0.4 is 0 Å². The van der Waals surface area contributed by atoms with Crippen LogP contribution in [0.4, 0.5) is 0 Å². The second-order valence-electron chi connectivity index (χ2n) is 6.41. The number of halogens is 1. The van der Waals surface area contributed by atoms with E-state index in [4.69, 9.17) is 16.3 Å². The van der Waals surface area contributed by atoms with E-state index in [0.29, 0.717) is 6.61 Å². The van der Waals surface area contributed by atoms with Gasteiger partial charge in [0.2, 0.25) is 0 Å². The molecule has 0 fully saturated rings. The molecule has 0 aliphatic carbocycles. The van der Waals surface area contributed by atoms with Gasteiger partial charge in [-0.3, -0.25) is 9.58 Å². The van der Waals surface area contributed by atoms with Gasteiger partial charge in [-0.05, 0) is 36.4 Å². The standard InChI is InChI=1S/C21H24ClN3O/c1-24(16-17-7-6-10-19(22)15-17)13-14-26-21(18-8-4-3-5-9-18)20-11-12-23-25(20)2/h3-12,15,21H,13-14,16H2,1-2H3. The van der Waals surface area contributed by atoms with Gasteiger partial charge in [0.05, 0.1) is 12.3 Å². The van der Waals surface area contributed by atoms with E-state index in [-0.39, 0.29) is 6.10 Å². The maximum atomic E-state index is 6.26. The van der Waals surface area contributed by atoms with Crippen molar-refractivity contribution in [3.8, 4) is 0 Å². The first-order valence-electron chi connectivity index (χ1n) is 8.71. The Bertz CT molecular complexity index is 819. The predicted octanol–water partition coefficient (Wildman–Crippen LogP) is 4.31. The van der Waals surface area contributed by atoms with Crippen molar-refractivity contribution in [2.75, 3.05) is 20.2 Å². The minimum absolute atomic E-state index is 0.122. The number of aromatic nitrogens is 2. The Morgan fingerprint density at radius 3 is 2.62 bits per heavy atom. The van der Waals surface area contributed by atoms with Crippen LogP contribution in [-0.2, 0) is 18.3 Å². The lowest BCUT2D eigenvalue weighted by molar-refractivity contribution is 0.0589. The highest BCUT2D eigenvalue weighted by Gasteiger charge is 2.18. The van der Waals surface area contributed by atoms with E-state index >= 15 is 0 Å². The first-order valence-corrected chi connectivity index (χ1v) is 9.08. The van der Waals surface area contributed by atoms with Crippen LogP contribution in [0, 0.1) is 0 Å². The molecule has 4 nitrogen and oxygen atoms in total. The predicted molar refractivity (Wildman–Crippen MR) is 105 cm³/mol. The Balaban J connectivity index is 1.61. The topological polar surface area (TPSA) is 30.3 Å². The van der Waals surface area contributed by atoms with E-state index < -0.39 is 0 Å². The Morgan fingerprint density at radius 2 is 1.92 bits per heavy atom. The summed E-state index contributed by atoms with van der Waals surface area (Å²) >= 11 is 6.06. The third-order valence-electron chi connectivity index (χ3n) is 4.33. The van der Waals surface area contributed by atoms with Gasteiger partial charge in [0.25, 0.3) is 0 Å². The van der Waals surface area contributed by atoms with Crippen molar-refractivity contribution in [3.05, 3.63) is 88.7 Å². The molecule has 1 unspecified atom stereocenters. The van der Waals surface area contributed by atoms with E-state index in [2.05, 4.69) is 35.2 Å². The molecule has 0 aliphatic heterocycles. The molecule has 5 heteroatoms. The average molecular weight is 370 g/mol. The SMILES string of the molecule is CN(CCOC(c1ccccc1)c1ccnn1C)Cc1cccc(Cl)c1. The minimum atomic E-state index is -0.122. The van der Waals surface area contributed by atoms with Crippen molar-refractivity contribution in [2.24, 2.45) is 7.05 Å². The average Bonchev–Trinajstić information content (AvgIpc) is 3.05. The molecule has 0 saturated carbocycles. The maximum Gasteiger partial charge on any atom is 0.124 e. The van der Waals surface area contributed by atoms with Crippen molar-refractivity contribution >= 4 is 11.6 Å². The molecule has 0 saturated heterocycles.